The molecule has 0 aliphatic rings. The molecule has 2 aromatic rings. The molecule has 0 radical (unpaired) electrons. The summed E-state index contributed by atoms with van der Waals surface area (Å²) < 4.78 is 15.5. The Morgan fingerprint density at radius 3 is 2.83 bits per heavy atom. The molecule has 1 N–H and O–H groups in total. The van der Waals surface area contributed by atoms with Gasteiger partial charge in [-0.25, -0.2) is 4.39 Å². The maximum atomic E-state index is 13.8. The van der Waals surface area contributed by atoms with E-state index in [9.17, 15) is 4.39 Å². The van der Waals surface area contributed by atoms with E-state index in [0.717, 1.165) is 23.4 Å². The second kappa shape index (κ2) is 5.54. The van der Waals surface area contributed by atoms with Crippen LogP contribution in [0.15, 0.2) is 29.3 Å². The van der Waals surface area contributed by atoms with E-state index in [0.29, 0.717) is 4.90 Å². The SMILES string of the molecule is CNCc1cn(C)nc1-c1ccc(SC)c(F)c1. The van der Waals surface area contributed by atoms with Gasteiger partial charge in [-0.2, -0.15) is 5.10 Å². The molecule has 0 spiro atoms. The number of hydrogen-bond donors (Lipinski definition) is 1. The minimum Gasteiger partial charge on any atom is -0.316 e. The summed E-state index contributed by atoms with van der Waals surface area (Å²) in [5.41, 5.74) is 2.71. The van der Waals surface area contributed by atoms with Crippen molar-refractivity contribution in [1.29, 1.82) is 0 Å². The van der Waals surface area contributed by atoms with E-state index in [1.807, 2.05) is 32.6 Å². The van der Waals surface area contributed by atoms with E-state index in [1.165, 1.54) is 11.8 Å². The second-order valence-corrected chi connectivity index (χ2v) is 4.90. The van der Waals surface area contributed by atoms with Crippen LogP contribution in [0, 0.1) is 5.82 Å². The highest BCUT2D eigenvalue weighted by Crippen LogP contribution is 2.27. The summed E-state index contributed by atoms with van der Waals surface area (Å²) in [5, 5.41) is 7.49. The number of thioether (sulfide) groups is 1. The van der Waals surface area contributed by atoms with Gasteiger partial charge in [-0.05, 0) is 25.4 Å². The van der Waals surface area contributed by atoms with Gasteiger partial charge in [0.25, 0.3) is 0 Å². The van der Waals surface area contributed by atoms with Crippen molar-refractivity contribution < 1.29 is 4.39 Å². The van der Waals surface area contributed by atoms with Gasteiger partial charge in [0.1, 0.15) is 5.82 Å². The summed E-state index contributed by atoms with van der Waals surface area (Å²) in [5.74, 6) is -0.193. The van der Waals surface area contributed by atoms with E-state index in [4.69, 9.17) is 0 Å². The Bertz CT molecular complexity index is 551. The third-order valence-corrected chi connectivity index (χ3v) is 3.47. The van der Waals surface area contributed by atoms with Gasteiger partial charge in [0.2, 0.25) is 0 Å². The first-order valence-electron chi connectivity index (χ1n) is 5.66. The van der Waals surface area contributed by atoms with E-state index >= 15 is 0 Å². The lowest BCUT2D eigenvalue weighted by molar-refractivity contribution is 0.602. The summed E-state index contributed by atoms with van der Waals surface area (Å²) >= 11 is 1.41. The van der Waals surface area contributed by atoms with Gasteiger partial charge in [-0.3, -0.25) is 4.68 Å². The smallest absolute Gasteiger partial charge is 0.137 e. The Morgan fingerprint density at radius 2 is 2.22 bits per heavy atom. The Labute approximate surface area is 110 Å². The van der Waals surface area contributed by atoms with Crippen molar-refractivity contribution in [1.82, 2.24) is 15.1 Å². The van der Waals surface area contributed by atoms with Crippen LogP contribution in [-0.4, -0.2) is 23.1 Å². The topological polar surface area (TPSA) is 29.9 Å². The third kappa shape index (κ3) is 2.57. The number of nitrogens with zero attached hydrogens (tertiary/aromatic N) is 2. The lowest BCUT2D eigenvalue weighted by Gasteiger charge is -2.04. The number of halogens is 1. The molecular weight excluding hydrogens is 249 g/mol. The molecule has 96 valence electrons. The molecule has 0 fully saturated rings. The molecule has 0 saturated heterocycles. The van der Waals surface area contributed by atoms with Crippen molar-refractivity contribution in [2.45, 2.75) is 11.4 Å². The zero-order chi connectivity index (χ0) is 13.1. The fraction of sp³-hybridized carbons (Fsp3) is 0.308. The summed E-state index contributed by atoms with van der Waals surface area (Å²) in [6.07, 6.45) is 3.82. The summed E-state index contributed by atoms with van der Waals surface area (Å²) in [4.78, 5) is 0.657. The molecule has 0 atom stereocenters. The van der Waals surface area contributed by atoms with Gasteiger partial charge in [-0.15, -0.1) is 11.8 Å². The minimum atomic E-state index is -0.193. The van der Waals surface area contributed by atoms with E-state index in [-0.39, 0.29) is 5.82 Å². The zero-order valence-electron chi connectivity index (χ0n) is 10.7. The number of benzene rings is 1. The molecule has 1 aromatic carbocycles. The highest BCUT2D eigenvalue weighted by atomic mass is 32.2. The Balaban J connectivity index is 2.44. The fourth-order valence-electron chi connectivity index (χ4n) is 1.91. The van der Waals surface area contributed by atoms with Gasteiger partial charge in [0.05, 0.1) is 5.69 Å². The number of nitrogens with one attached hydrogen (secondary N) is 1. The normalized spacial score (nSPS) is 10.9. The minimum absolute atomic E-state index is 0.193. The highest BCUT2D eigenvalue weighted by molar-refractivity contribution is 7.98. The Kier molecular flexibility index (Phi) is 4.04. The molecule has 1 heterocycles. The molecule has 0 amide bonds. The first-order chi connectivity index (χ1) is 8.65. The van der Waals surface area contributed by atoms with Crippen LogP contribution in [0.2, 0.25) is 0 Å². The number of aryl methyl sites for hydroxylation is 1. The van der Waals surface area contributed by atoms with E-state index in [2.05, 4.69) is 10.4 Å². The molecule has 0 bridgehead atoms. The highest BCUT2D eigenvalue weighted by Gasteiger charge is 2.11. The molecular formula is C13H16FN3S. The molecule has 0 aliphatic carbocycles. The Morgan fingerprint density at radius 1 is 1.44 bits per heavy atom. The van der Waals surface area contributed by atoms with Crippen LogP contribution in [0.25, 0.3) is 11.3 Å². The maximum Gasteiger partial charge on any atom is 0.137 e. The van der Waals surface area contributed by atoms with Crippen LogP contribution in [0.5, 0.6) is 0 Å². The van der Waals surface area contributed by atoms with Crippen molar-refractivity contribution in [3.63, 3.8) is 0 Å². The lowest BCUT2D eigenvalue weighted by atomic mass is 10.1. The van der Waals surface area contributed by atoms with Gasteiger partial charge >= 0.3 is 0 Å². The first-order valence-corrected chi connectivity index (χ1v) is 6.89. The molecule has 5 heteroatoms. The predicted octanol–water partition coefficient (Wildman–Crippen LogP) is 2.67. The van der Waals surface area contributed by atoms with Gasteiger partial charge in [0, 0.05) is 35.8 Å². The van der Waals surface area contributed by atoms with Crippen molar-refractivity contribution in [3.05, 3.63) is 35.8 Å². The van der Waals surface area contributed by atoms with Crippen LogP contribution in [-0.2, 0) is 13.6 Å². The van der Waals surface area contributed by atoms with Crippen LogP contribution in [0.1, 0.15) is 5.56 Å². The quantitative estimate of drug-likeness (QED) is 0.862. The van der Waals surface area contributed by atoms with Gasteiger partial charge in [0.15, 0.2) is 0 Å². The number of aromatic nitrogens is 2. The summed E-state index contributed by atoms with van der Waals surface area (Å²) in [7, 11) is 3.75. The fourth-order valence-corrected chi connectivity index (χ4v) is 2.37. The molecule has 1 aromatic heterocycles. The predicted molar refractivity (Wildman–Crippen MR) is 73.1 cm³/mol. The summed E-state index contributed by atoms with van der Waals surface area (Å²) in [6.45, 7) is 0.717. The molecule has 18 heavy (non-hydrogen) atoms. The molecule has 3 nitrogen and oxygen atoms in total. The zero-order valence-corrected chi connectivity index (χ0v) is 11.5. The van der Waals surface area contributed by atoms with E-state index < -0.39 is 0 Å². The average molecular weight is 265 g/mol. The number of hydrogen-bond acceptors (Lipinski definition) is 3. The molecule has 0 unspecified atom stereocenters. The summed E-state index contributed by atoms with van der Waals surface area (Å²) in [6, 6.07) is 5.26. The molecule has 0 aliphatic heterocycles. The van der Waals surface area contributed by atoms with Gasteiger partial charge in [-0.1, -0.05) is 6.07 Å². The number of rotatable bonds is 4. The van der Waals surface area contributed by atoms with Crippen LogP contribution in [0.4, 0.5) is 4.39 Å². The van der Waals surface area contributed by atoms with Crippen LogP contribution in [0.3, 0.4) is 0 Å². The monoisotopic (exact) mass is 265 g/mol. The molecule has 0 saturated carbocycles. The third-order valence-electron chi connectivity index (χ3n) is 2.70. The van der Waals surface area contributed by atoms with Gasteiger partial charge < -0.3 is 5.32 Å². The van der Waals surface area contributed by atoms with Crippen LogP contribution < -0.4 is 5.32 Å². The van der Waals surface area contributed by atoms with Crippen molar-refractivity contribution in [2.24, 2.45) is 7.05 Å². The average Bonchev–Trinajstić information content (AvgIpc) is 2.71. The lowest BCUT2D eigenvalue weighted by Crippen LogP contribution is -2.05. The largest absolute Gasteiger partial charge is 0.316 e. The first kappa shape index (κ1) is 13.1. The van der Waals surface area contributed by atoms with Crippen molar-refractivity contribution in [3.8, 4) is 11.3 Å². The van der Waals surface area contributed by atoms with E-state index in [1.54, 1.807) is 16.8 Å². The maximum absolute atomic E-state index is 13.8. The molecule has 2 rings (SSSR count). The standard InChI is InChI=1S/C13H16FN3S/c1-15-7-10-8-17(2)16-13(10)9-4-5-12(18-3)11(14)6-9/h4-6,8,15H,7H2,1-3H3. The Hall–Kier alpha value is -1.33. The van der Waals surface area contributed by atoms with Crippen molar-refractivity contribution in [2.75, 3.05) is 13.3 Å². The van der Waals surface area contributed by atoms with Crippen molar-refractivity contribution >= 4 is 11.8 Å². The second-order valence-electron chi connectivity index (χ2n) is 4.06. The van der Waals surface area contributed by atoms with Crippen LogP contribution >= 0.6 is 11.8 Å².